The molecule has 3 aromatic rings. The summed E-state index contributed by atoms with van der Waals surface area (Å²) >= 11 is 0. The second kappa shape index (κ2) is 12.2. The van der Waals surface area contributed by atoms with Crippen molar-refractivity contribution in [3.63, 3.8) is 0 Å². The first-order chi connectivity index (χ1) is 20.7. The summed E-state index contributed by atoms with van der Waals surface area (Å²) < 4.78 is 27.2. The van der Waals surface area contributed by atoms with Gasteiger partial charge in [0, 0.05) is 106 Å². The summed E-state index contributed by atoms with van der Waals surface area (Å²) in [5, 5.41) is 6.00. The van der Waals surface area contributed by atoms with Crippen molar-refractivity contribution in [1.82, 2.24) is 25.1 Å². The van der Waals surface area contributed by atoms with E-state index in [1.54, 1.807) is 30.9 Å². The molecule has 0 bridgehead atoms. The van der Waals surface area contributed by atoms with E-state index >= 15 is 0 Å². The topological polar surface area (TPSA) is 98.9 Å². The molecule has 2 N–H and O–H groups in total. The van der Waals surface area contributed by atoms with Gasteiger partial charge in [-0.05, 0) is 48.9 Å². The maximum atomic E-state index is 13.7. The smallest absolute Gasteiger partial charge is 0.274 e. The van der Waals surface area contributed by atoms with Crippen LogP contribution in [-0.2, 0) is 11.3 Å². The van der Waals surface area contributed by atoms with E-state index in [0.29, 0.717) is 42.4 Å². The van der Waals surface area contributed by atoms with Crippen LogP contribution in [0.1, 0.15) is 29.5 Å². The van der Waals surface area contributed by atoms with Crippen LogP contribution in [0.2, 0.25) is 0 Å². The van der Waals surface area contributed by atoms with Crippen LogP contribution >= 0.6 is 0 Å². The molecule has 2 aromatic heterocycles. The number of amides is 1. The van der Waals surface area contributed by atoms with Crippen LogP contribution in [0.15, 0.2) is 72.0 Å². The van der Waals surface area contributed by atoms with Crippen LogP contribution in [0.3, 0.4) is 0 Å². The normalized spacial score (nSPS) is 19.0. The van der Waals surface area contributed by atoms with Crippen molar-refractivity contribution in [3.05, 3.63) is 83.7 Å². The summed E-state index contributed by atoms with van der Waals surface area (Å²) in [4.78, 5) is 33.8. The molecule has 0 spiro atoms. The fraction of sp³-hybridized carbons (Fsp3) is 0.375. The van der Waals surface area contributed by atoms with E-state index in [1.165, 1.54) is 0 Å². The van der Waals surface area contributed by atoms with Gasteiger partial charge in [-0.25, -0.2) is 18.8 Å². The van der Waals surface area contributed by atoms with Gasteiger partial charge in [0.1, 0.15) is 17.4 Å². The molecule has 6 rings (SSSR count). The number of hydrogen-bond donors (Lipinski definition) is 2. The summed E-state index contributed by atoms with van der Waals surface area (Å²) in [7, 11) is 2.11. The molecule has 0 saturated carbocycles. The number of nitrogens with zero attached hydrogens (tertiary/aromatic N) is 6. The Balaban J connectivity index is 1.22. The van der Waals surface area contributed by atoms with Gasteiger partial charge in [0.2, 0.25) is 0 Å². The number of nitrogens with one attached hydrogen (secondary N) is 2. The van der Waals surface area contributed by atoms with Crippen molar-refractivity contribution in [2.75, 3.05) is 56.5 Å². The zero-order valence-corrected chi connectivity index (χ0v) is 24.5. The van der Waals surface area contributed by atoms with Crippen molar-refractivity contribution in [2.45, 2.75) is 32.2 Å². The molecule has 11 heteroatoms. The Morgan fingerprint density at radius 3 is 2.53 bits per heavy atom. The van der Waals surface area contributed by atoms with Crippen LogP contribution in [0.5, 0.6) is 0 Å². The average Bonchev–Trinajstić information content (AvgIpc) is 3.82. The molecular weight excluding hydrogens is 550 g/mol. The molecule has 9 nitrogen and oxygen atoms in total. The Labute approximate surface area is 250 Å². The molecule has 224 valence electrons. The molecule has 2 fully saturated rings. The summed E-state index contributed by atoms with van der Waals surface area (Å²) in [6, 6.07) is 11.6. The quantitative estimate of drug-likeness (QED) is 0.381. The molecule has 1 aromatic carbocycles. The first-order valence-corrected chi connectivity index (χ1v) is 14.6. The summed E-state index contributed by atoms with van der Waals surface area (Å²) in [6.07, 6.45) is 6.78. The van der Waals surface area contributed by atoms with Crippen LogP contribution < -0.4 is 15.5 Å². The number of anilines is 2. The molecule has 1 amide bonds. The molecule has 3 aliphatic heterocycles. The predicted octanol–water partition coefficient (Wildman–Crippen LogP) is 4.26. The lowest BCUT2D eigenvalue weighted by atomic mass is 9.96. The fourth-order valence-corrected chi connectivity index (χ4v) is 5.43. The van der Waals surface area contributed by atoms with Gasteiger partial charge in [0.15, 0.2) is 0 Å². The standard InChI is InChI=1S/C32H36F2N8O/c1-22-3-4-24(25-15-23(18-35-19-25)21-41-9-6-32(33,34)7-10-41)16-27(22)30(39-28-20-37-28)31(43)38-26-5-8-36-29(17-26)42-13-11-40(2)12-14-42/h3-5,8,15-20,37H,6-7,9-14,21H2,1-2H3,(H,36,38,43). The maximum absolute atomic E-state index is 13.7. The average molecular weight is 587 g/mol. The van der Waals surface area contributed by atoms with Crippen molar-refractivity contribution in [2.24, 2.45) is 4.99 Å². The van der Waals surface area contributed by atoms with Gasteiger partial charge in [-0.2, -0.15) is 0 Å². The molecule has 0 radical (unpaired) electrons. The Bertz CT molecular complexity index is 1550. The molecule has 3 aliphatic rings. The second-order valence-electron chi connectivity index (χ2n) is 11.5. The number of carbonyl (C=O) groups is 1. The van der Waals surface area contributed by atoms with E-state index in [4.69, 9.17) is 0 Å². The van der Waals surface area contributed by atoms with Gasteiger partial charge in [0.25, 0.3) is 11.8 Å². The number of hydrogen-bond acceptors (Lipinski definition) is 8. The van der Waals surface area contributed by atoms with Crippen molar-refractivity contribution in [1.29, 1.82) is 0 Å². The Morgan fingerprint density at radius 1 is 1.02 bits per heavy atom. The lowest BCUT2D eigenvalue weighted by Crippen LogP contribution is -2.44. The van der Waals surface area contributed by atoms with E-state index in [1.807, 2.05) is 42.2 Å². The van der Waals surface area contributed by atoms with Crippen molar-refractivity contribution in [3.8, 4) is 11.1 Å². The highest BCUT2D eigenvalue weighted by Crippen LogP contribution is 2.29. The minimum Gasteiger partial charge on any atom is -0.354 e. The second-order valence-corrected chi connectivity index (χ2v) is 11.5. The third kappa shape index (κ3) is 7.23. The number of aryl methyl sites for hydroxylation is 1. The van der Waals surface area contributed by atoms with Gasteiger partial charge >= 0.3 is 0 Å². The highest BCUT2D eigenvalue weighted by atomic mass is 19.3. The highest BCUT2D eigenvalue weighted by Gasteiger charge is 2.33. The van der Waals surface area contributed by atoms with E-state index < -0.39 is 5.92 Å². The number of aromatic nitrogens is 2. The number of aliphatic imine (C=N–C) groups is 1. The number of rotatable bonds is 8. The van der Waals surface area contributed by atoms with Gasteiger partial charge in [-0.3, -0.25) is 14.7 Å². The zero-order chi connectivity index (χ0) is 30.0. The first-order valence-electron chi connectivity index (χ1n) is 14.6. The largest absolute Gasteiger partial charge is 0.354 e. The number of halogens is 2. The summed E-state index contributed by atoms with van der Waals surface area (Å²) in [5.41, 5.74) is 5.30. The third-order valence-electron chi connectivity index (χ3n) is 8.17. The number of pyridine rings is 2. The van der Waals surface area contributed by atoms with Crippen LogP contribution in [-0.4, -0.2) is 83.6 Å². The van der Waals surface area contributed by atoms with E-state index in [2.05, 4.69) is 42.4 Å². The number of alkyl halides is 2. The van der Waals surface area contributed by atoms with Gasteiger partial charge in [-0.1, -0.05) is 12.1 Å². The molecule has 0 unspecified atom stereocenters. The Morgan fingerprint density at radius 2 is 1.79 bits per heavy atom. The molecule has 0 atom stereocenters. The highest BCUT2D eigenvalue weighted by molar-refractivity contribution is 6.49. The zero-order valence-electron chi connectivity index (χ0n) is 24.5. The van der Waals surface area contributed by atoms with Crippen LogP contribution in [0, 0.1) is 6.92 Å². The van der Waals surface area contributed by atoms with Crippen LogP contribution in [0.4, 0.5) is 20.3 Å². The number of benzene rings is 1. The third-order valence-corrected chi connectivity index (χ3v) is 8.17. The number of carbonyl (C=O) groups excluding carboxylic acids is 1. The molecule has 43 heavy (non-hydrogen) atoms. The fourth-order valence-electron chi connectivity index (χ4n) is 5.43. The summed E-state index contributed by atoms with van der Waals surface area (Å²) in [6.45, 7) is 6.91. The van der Waals surface area contributed by atoms with Crippen LogP contribution in [0.25, 0.3) is 11.1 Å². The summed E-state index contributed by atoms with van der Waals surface area (Å²) in [5.74, 6) is -1.42. The van der Waals surface area contributed by atoms with E-state index in [-0.39, 0.29) is 18.7 Å². The van der Waals surface area contributed by atoms with E-state index in [9.17, 15) is 13.6 Å². The van der Waals surface area contributed by atoms with Gasteiger partial charge < -0.3 is 20.4 Å². The number of piperazine rings is 1. The number of piperidine rings is 1. The van der Waals surface area contributed by atoms with Crippen molar-refractivity contribution < 1.29 is 13.6 Å². The minimum absolute atomic E-state index is 0.117. The Hall–Kier alpha value is -4.22. The molecule has 5 heterocycles. The molecule has 0 aliphatic carbocycles. The van der Waals surface area contributed by atoms with Crippen molar-refractivity contribution >= 4 is 23.1 Å². The lowest BCUT2D eigenvalue weighted by Gasteiger charge is -2.33. The monoisotopic (exact) mass is 586 g/mol. The maximum Gasteiger partial charge on any atom is 0.274 e. The number of likely N-dealkylation sites (tertiary alicyclic amines) is 1. The Kier molecular flexibility index (Phi) is 8.18. The van der Waals surface area contributed by atoms with E-state index in [0.717, 1.165) is 54.3 Å². The first kappa shape index (κ1) is 28.9. The van der Waals surface area contributed by atoms with Gasteiger partial charge in [-0.15, -0.1) is 0 Å². The number of likely N-dealkylation sites (N-methyl/N-ethyl adjacent to an activating group) is 1. The minimum atomic E-state index is -2.57. The van der Waals surface area contributed by atoms with Gasteiger partial charge in [0.05, 0.1) is 0 Å². The lowest BCUT2D eigenvalue weighted by molar-refractivity contribution is -0.110. The molecular formula is C32H36F2N8O. The predicted molar refractivity (Wildman–Crippen MR) is 164 cm³/mol. The molecule has 2 saturated heterocycles. The SMILES string of the molecule is Cc1ccc(-c2cncc(CN3CCC(F)(F)CC3)c2)cc1C(=NC1=CN1)C(=O)Nc1ccnc(N2CCN(C)CC2)c1.